The van der Waals surface area contributed by atoms with Gasteiger partial charge in [-0.25, -0.2) is 4.98 Å². The molecule has 2 aromatic carbocycles. The van der Waals surface area contributed by atoms with Crippen molar-refractivity contribution in [3.8, 4) is 0 Å². The van der Waals surface area contributed by atoms with Gasteiger partial charge in [-0.2, -0.15) is 0 Å². The Hall–Kier alpha value is -3.10. The quantitative estimate of drug-likeness (QED) is 0.491. The summed E-state index contributed by atoms with van der Waals surface area (Å²) in [5.74, 6) is -1.17. The molecule has 7 nitrogen and oxygen atoms in total. The average Bonchev–Trinajstić information content (AvgIpc) is 3.31. The van der Waals surface area contributed by atoms with Gasteiger partial charge in [-0.15, -0.1) is 0 Å². The van der Waals surface area contributed by atoms with Crippen molar-refractivity contribution in [3.63, 3.8) is 0 Å². The van der Waals surface area contributed by atoms with E-state index in [1.54, 1.807) is 29.2 Å². The van der Waals surface area contributed by atoms with Crippen molar-refractivity contribution in [3.05, 3.63) is 59.2 Å². The number of rotatable bonds is 8. The molecule has 0 spiro atoms. The van der Waals surface area contributed by atoms with E-state index in [4.69, 9.17) is 0 Å². The number of carbonyl (C=O) groups excluding carboxylic acids is 3. The van der Waals surface area contributed by atoms with Gasteiger partial charge >= 0.3 is 0 Å². The Morgan fingerprint density at radius 1 is 1.00 bits per heavy atom. The lowest BCUT2D eigenvalue weighted by atomic mass is 10.1. The van der Waals surface area contributed by atoms with Crippen molar-refractivity contribution in [1.29, 1.82) is 0 Å². The van der Waals surface area contributed by atoms with Crippen LogP contribution in [0.1, 0.15) is 40.1 Å². The molecule has 3 aromatic rings. The zero-order chi connectivity index (χ0) is 22.8. The van der Waals surface area contributed by atoms with Gasteiger partial charge in [0.15, 0.2) is 5.13 Å². The highest BCUT2D eigenvalue weighted by Gasteiger charge is 2.37. The summed E-state index contributed by atoms with van der Waals surface area (Å²) in [5.41, 5.74) is 2.64. The lowest BCUT2D eigenvalue weighted by Crippen LogP contribution is -2.45. The first kappa shape index (κ1) is 22.1. The van der Waals surface area contributed by atoms with Gasteiger partial charge in [0, 0.05) is 13.1 Å². The summed E-state index contributed by atoms with van der Waals surface area (Å²) in [4.78, 5) is 48.5. The Kier molecular flexibility index (Phi) is 6.34. The number of fused-ring (bicyclic) bond motifs is 2. The van der Waals surface area contributed by atoms with Gasteiger partial charge in [-0.05, 0) is 49.8 Å². The van der Waals surface area contributed by atoms with Gasteiger partial charge in [0.2, 0.25) is 5.91 Å². The zero-order valence-corrected chi connectivity index (χ0v) is 19.3. The number of aromatic nitrogens is 1. The molecule has 0 aliphatic carbocycles. The third-order valence-corrected chi connectivity index (χ3v) is 6.81. The molecule has 1 aliphatic rings. The molecule has 4 rings (SSSR count). The number of hydrogen-bond donors (Lipinski definition) is 0. The number of anilines is 1. The second-order valence-electron chi connectivity index (χ2n) is 7.78. The number of likely N-dealkylation sites (N-methyl/N-ethyl adjacent to an activating group) is 1. The summed E-state index contributed by atoms with van der Waals surface area (Å²) in [6.45, 7) is 8.72. The first-order valence-electron chi connectivity index (χ1n) is 10.8. The maximum Gasteiger partial charge on any atom is 0.262 e. The molecular formula is C24H26N4O3S. The number of hydrogen-bond acceptors (Lipinski definition) is 6. The molecule has 32 heavy (non-hydrogen) atoms. The van der Waals surface area contributed by atoms with E-state index in [-0.39, 0.29) is 12.5 Å². The van der Waals surface area contributed by atoms with Gasteiger partial charge < -0.3 is 4.90 Å². The minimum absolute atomic E-state index is 0.306. The molecule has 8 heteroatoms. The minimum Gasteiger partial charge on any atom is -0.302 e. The molecule has 0 bridgehead atoms. The molecule has 1 aromatic heterocycles. The number of thiazole rings is 1. The summed E-state index contributed by atoms with van der Waals surface area (Å²) < 4.78 is 1.00. The average molecular weight is 451 g/mol. The summed E-state index contributed by atoms with van der Waals surface area (Å²) in [5, 5.41) is 0.583. The van der Waals surface area contributed by atoms with Crippen LogP contribution in [-0.2, 0) is 4.79 Å². The number of carbonyl (C=O) groups is 3. The van der Waals surface area contributed by atoms with Crippen LogP contribution in [0, 0.1) is 6.92 Å². The molecule has 0 radical (unpaired) electrons. The van der Waals surface area contributed by atoms with E-state index in [0.717, 1.165) is 33.8 Å². The van der Waals surface area contributed by atoms with Gasteiger partial charge in [-0.3, -0.25) is 24.2 Å². The van der Waals surface area contributed by atoms with Gasteiger partial charge in [0.25, 0.3) is 11.8 Å². The second-order valence-corrected chi connectivity index (χ2v) is 8.79. The smallest absolute Gasteiger partial charge is 0.262 e. The fraction of sp³-hybridized carbons (Fsp3) is 0.333. The SMILES string of the molecule is CCN(CC)CCN(C(=O)CN1C(=O)c2ccccc2C1=O)c1nc2ccc(C)cc2s1. The van der Waals surface area contributed by atoms with E-state index in [0.29, 0.717) is 29.3 Å². The van der Waals surface area contributed by atoms with Crippen molar-refractivity contribution in [2.75, 3.05) is 37.6 Å². The fourth-order valence-corrected chi connectivity index (χ4v) is 4.95. The number of nitrogens with zero attached hydrogens (tertiary/aromatic N) is 4. The molecular weight excluding hydrogens is 424 g/mol. The van der Waals surface area contributed by atoms with Crippen LogP contribution in [0.2, 0.25) is 0 Å². The van der Waals surface area contributed by atoms with Crippen molar-refractivity contribution < 1.29 is 14.4 Å². The van der Waals surface area contributed by atoms with Crippen LogP contribution in [0.25, 0.3) is 10.2 Å². The number of aryl methyl sites for hydroxylation is 1. The Labute approximate surface area is 191 Å². The van der Waals surface area contributed by atoms with Gasteiger partial charge in [0.05, 0.1) is 21.3 Å². The standard InChI is InChI=1S/C24H26N4O3S/c1-4-26(5-2)12-13-27(24-25-19-11-10-16(3)14-20(19)32-24)21(29)15-28-22(30)17-8-6-7-9-18(17)23(28)31/h6-11,14H,4-5,12-13,15H2,1-3H3. The Balaban J connectivity index is 1.61. The highest BCUT2D eigenvalue weighted by molar-refractivity contribution is 7.22. The van der Waals surface area contributed by atoms with E-state index >= 15 is 0 Å². The second kappa shape index (κ2) is 9.18. The predicted octanol–water partition coefficient (Wildman–Crippen LogP) is 3.58. The van der Waals surface area contributed by atoms with E-state index in [1.165, 1.54) is 11.3 Å². The Bertz CT molecular complexity index is 1150. The Morgan fingerprint density at radius 2 is 1.66 bits per heavy atom. The maximum absolute atomic E-state index is 13.4. The molecule has 3 amide bonds. The van der Waals surface area contributed by atoms with Crippen molar-refractivity contribution >= 4 is 44.4 Å². The largest absolute Gasteiger partial charge is 0.302 e. The lowest BCUT2D eigenvalue weighted by Gasteiger charge is -2.26. The molecule has 166 valence electrons. The number of benzene rings is 2. The predicted molar refractivity (Wildman–Crippen MR) is 126 cm³/mol. The van der Waals surface area contributed by atoms with Gasteiger partial charge in [-0.1, -0.05) is 43.4 Å². The molecule has 0 atom stereocenters. The van der Waals surface area contributed by atoms with Crippen molar-refractivity contribution in [2.45, 2.75) is 20.8 Å². The molecule has 0 N–H and O–H groups in total. The fourth-order valence-electron chi connectivity index (χ4n) is 3.85. The third kappa shape index (κ3) is 4.16. The monoisotopic (exact) mass is 450 g/mol. The van der Waals surface area contributed by atoms with Crippen LogP contribution in [0.5, 0.6) is 0 Å². The third-order valence-electron chi connectivity index (χ3n) is 5.77. The van der Waals surface area contributed by atoms with Crippen LogP contribution in [0.15, 0.2) is 42.5 Å². The first-order valence-corrected chi connectivity index (χ1v) is 11.6. The summed E-state index contributed by atoms with van der Waals surface area (Å²) in [6, 6.07) is 12.7. The maximum atomic E-state index is 13.4. The first-order chi connectivity index (χ1) is 15.4. The van der Waals surface area contributed by atoms with E-state index in [9.17, 15) is 14.4 Å². The molecule has 2 heterocycles. The van der Waals surface area contributed by atoms with Crippen molar-refractivity contribution in [2.24, 2.45) is 0 Å². The number of imide groups is 1. The normalized spacial score (nSPS) is 13.3. The van der Waals surface area contributed by atoms with Crippen LogP contribution in [-0.4, -0.2) is 65.2 Å². The van der Waals surface area contributed by atoms with Crippen LogP contribution >= 0.6 is 11.3 Å². The highest BCUT2D eigenvalue weighted by atomic mass is 32.1. The molecule has 0 saturated heterocycles. The van der Waals surface area contributed by atoms with Crippen molar-refractivity contribution in [1.82, 2.24) is 14.8 Å². The van der Waals surface area contributed by atoms with Crippen LogP contribution in [0.4, 0.5) is 5.13 Å². The Morgan fingerprint density at radius 3 is 2.28 bits per heavy atom. The summed E-state index contributed by atoms with van der Waals surface area (Å²) >= 11 is 1.45. The van der Waals surface area contributed by atoms with E-state index in [2.05, 4.69) is 23.7 Å². The van der Waals surface area contributed by atoms with Gasteiger partial charge in [0.1, 0.15) is 6.54 Å². The zero-order valence-electron chi connectivity index (χ0n) is 18.5. The molecule has 0 fully saturated rings. The summed E-state index contributed by atoms with van der Waals surface area (Å²) in [6.07, 6.45) is 0. The summed E-state index contributed by atoms with van der Waals surface area (Å²) in [7, 11) is 0. The molecule has 0 saturated carbocycles. The van der Waals surface area contributed by atoms with E-state index < -0.39 is 11.8 Å². The van der Waals surface area contributed by atoms with Crippen LogP contribution in [0.3, 0.4) is 0 Å². The molecule has 0 unspecified atom stereocenters. The lowest BCUT2D eigenvalue weighted by molar-refractivity contribution is -0.119. The molecule has 1 aliphatic heterocycles. The minimum atomic E-state index is -0.428. The van der Waals surface area contributed by atoms with Crippen LogP contribution < -0.4 is 4.90 Å². The number of amides is 3. The van der Waals surface area contributed by atoms with E-state index in [1.807, 2.05) is 25.1 Å². The topological polar surface area (TPSA) is 73.8 Å². The highest BCUT2D eigenvalue weighted by Crippen LogP contribution is 2.30.